The predicted molar refractivity (Wildman–Crippen MR) is 89.6 cm³/mol. The molecule has 0 bridgehead atoms. The minimum absolute atomic E-state index is 0.102. The molecule has 2 aromatic carbocycles. The van der Waals surface area contributed by atoms with Gasteiger partial charge >= 0.3 is 0 Å². The number of sulfone groups is 1. The second-order valence-electron chi connectivity index (χ2n) is 4.91. The van der Waals surface area contributed by atoms with E-state index in [-0.39, 0.29) is 9.80 Å². The Bertz CT molecular complexity index is 860. The van der Waals surface area contributed by atoms with Crippen LogP contribution in [0.15, 0.2) is 58.3 Å². The van der Waals surface area contributed by atoms with E-state index in [2.05, 4.69) is 0 Å². The maximum Gasteiger partial charge on any atom is 0.216 e. The third-order valence-electron chi connectivity index (χ3n) is 3.24. The third-order valence-corrected chi connectivity index (χ3v) is 4.92. The molecule has 0 saturated heterocycles. The molecule has 118 valence electrons. The molecule has 2 rings (SSSR count). The summed E-state index contributed by atoms with van der Waals surface area (Å²) in [4.78, 5) is -0.210. The van der Waals surface area contributed by atoms with E-state index in [0.717, 1.165) is 5.56 Å². The van der Waals surface area contributed by atoms with Gasteiger partial charge in [0.25, 0.3) is 0 Å². The fraction of sp³-hybridized carbons (Fsp3) is 0.167. The molecular formula is C18H17NO3S. The Morgan fingerprint density at radius 2 is 1.83 bits per heavy atom. The van der Waals surface area contributed by atoms with Crippen LogP contribution in [0, 0.1) is 18.3 Å². The topological polar surface area (TPSA) is 67.2 Å². The second kappa shape index (κ2) is 7.12. The number of nitrogens with zero attached hydrogens (tertiary/aromatic N) is 1. The SMILES string of the molecule is CCOc1ccccc1C=C(C#N)S(=O)(=O)c1ccc(C)cc1. The molecule has 4 nitrogen and oxygen atoms in total. The van der Waals surface area contributed by atoms with Crippen molar-refractivity contribution < 1.29 is 13.2 Å². The Kier molecular flexibility index (Phi) is 5.20. The molecule has 0 aliphatic carbocycles. The van der Waals surface area contributed by atoms with Gasteiger partial charge in [0.1, 0.15) is 16.7 Å². The Labute approximate surface area is 136 Å². The van der Waals surface area contributed by atoms with Crippen LogP contribution in [0.2, 0.25) is 0 Å². The summed E-state index contributed by atoms with van der Waals surface area (Å²) >= 11 is 0. The van der Waals surface area contributed by atoms with E-state index >= 15 is 0 Å². The molecule has 0 aromatic heterocycles. The number of hydrogen-bond acceptors (Lipinski definition) is 4. The van der Waals surface area contributed by atoms with Crippen molar-refractivity contribution in [3.05, 3.63) is 64.6 Å². The van der Waals surface area contributed by atoms with E-state index in [0.29, 0.717) is 17.9 Å². The number of nitriles is 1. The van der Waals surface area contributed by atoms with Crippen LogP contribution in [0.4, 0.5) is 0 Å². The number of ether oxygens (including phenoxy) is 1. The molecular weight excluding hydrogens is 310 g/mol. The van der Waals surface area contributed by atoms with Gasteiger partial charge in [-0.2, -0.15) is 5.26 Å². The summed E-state index contributed by atoms with van der Waals surface area (Å²) in [5.74, 6) is 0.543. The average Bonchev–Trinajstić information content (AvgIpc) is 2.54. The summed E-state index contributed by atoms with van der Waals surface area (Å²) in [6, 6.07) is 15.2. The molecule has 23 heavy (non-hydrogen) atoms. The average molecular weight is 327 g/mol. The molecule has 0 atom stereocenters. The summed E-state index contributed by atoms with van der Waals surface area (Å²) in [5.41, 5.74) is 1.51. The fourth-order valence-corrected chi connectivity index (χ4v) is 3.19. The number of rotatable bonds is 5. The summed E-state index contributed by atoms with van der Waals surface area (Å²) < 4.78 is 30.7. The van der Waals surface area contributed by atoms with Crippen molar-refractivity contribution in [1.29, 1.82) is 5.26 Å². The van der Waals surface area contributed by atoms with E-state index in [1.54, 1.807) is 42.5 Å². The molecule has 0 radical (unpaired) electrons. The van der Waals surface area contributed by atoms with Gasteiger partial charge in [-0.25, -0.2) is 8.42 Å². The summed E-state index contributed by atoms with van der Waals surface area (Å²) in [6.07, 6.45) is 1.35. The van der Waals surface area contributed by atoms with Crippen LogP contribution in [0.3, 0.4) is 0 Å². The van der Waals surface area contributed by atoms with E-state index in [1.807, 2.05) is 13.8 Å². The van der Waals surface area contributed by atoms with Gasteiger partial charge in [-0.05, 0) is 38.1 Å². The Hall–Kier alpha value is -2.58. The van der Waals surface area contributed by atoms with Crippen LogP contribution >= 0.6 is 0 Å². The van der Waals surface area contributed by atoms with Crippen LogP contribution in [0.25, 0.3) is 6.08 Å². The lowest BCUT2D eigenvalue weighted by Crippen LogP contribution is -2.04. The van der Waals surface area contributed by atoms with Gasteiger partial charge in [-0.3, -0.25) is 0 Å². The summed E-state index contributed by atoms with van der Waals surface area (Å²) in [7, 11) is -3.85. The summed E-state index contributed by atoms with van der Waals surface area (Å²) in [5, 5.41) is 9.32. The maximum atomic E-state index is 12.6. The highest BCUT2D eigenvalue weighted by Gasteiger charge is 2.21. The highest BCUT2D eigenvalue weighted by Crippen LogP contribution is 2.25. The molecule has 0 unspecified atom stereocenters. The van der Waals surface area contributed by atoms with Crippen LogP contribution in [0.1, 0.15) is 18.1 Å². The standard InChI is InChI=1S/C18H17NO3S/c1-3-22-18-7-5-4-6-15(18)12-17(13-19)23(20,21)16-10-8-14(2)9-11-16/h4-12H,3H2,1-2H3. The first-order valence-electron chi connectivity index (χ1n) is 7.14. The molecule has 2 aromatic rings. The van der Waals surface area contributed by atoms with Crippen LogP contribution in [0.5, 0.6) is 5.75 Å². The maximum absolute atomic E-state index is 12.6. The van der Waals surface area contributed by atoms with Gasteiger partial charge in [0.15, 0.2) is 0 Å². The molecule has 0 heterocycles. The van der Waals surface area contributed by atoms with Crippen molar-refractivity contribution in [2.75, 3.05) is 6.61 Å². The lowest BCUT2D eigenvalue weighted by Gasteiger charge is -2.08. The van der Waals surface area contributed by atoms with Crippen molar-refractivity contribution in [1.82, 2.24) is 0 Å². The Balaban J connectivity index is 2.51. The molecule has 0 saturated carbocycles. The Morgan fingerprint density at radius 1 is 1.17 bits per heavy atom. The molecule has 0 N–H and O–H groups in total. The zero-order valence-electron chi connectivity index (χ0n) is 13.0. The fourth-order valence-electron chi connectivity index (χ4n) is 2.04. The minimum Gasteiger partial charge on any atom is -0.493 e. The quantitative estimate of drug-likeness (QED) is 0.785. The molecule has 0 spiro atoms. The van der Waals surface area contributed by atoms with Crippen LogP contribution in [-0.2, 0) is 9.84 Å². The van der Waals surface area contributed by atoms with Crippen molar-refractivity contribution in [2.45, 2.75) is 18.7 Å². The van der Waals surface area contributed by atoms with E-state index < -0.39 is 9.84 Å². The number of hydrogen-bond donors (Lipinski definition) is 0. The lowest BCUT2D eigenvalue weighted by atomic mass is 10.2. The normalized spacial score (nSPS) is 11.8. The van der Waals surface area contributed by atoms with Crippen molar-refractivity contribution >= 4 is 15.9 Å². The van der Waals surface area contributed by atoms with E-state index in [1.165, 1.54) is 18.2 Å². The number of allylic oxidation sites excluding steroid dienone is 1. The van der Waals surface area contributed by atoms with E-state index in [4.69, 9.17) is 4.74 Å². The molecule has 5 heteroatoms. The largest absolute Gasteiger partial charge is 0.493 e. The van der Waals surface area contributed by atoms with Gasteiger partial charge in [-0.1, -0.05) is 35.9 Å². The monoisotopic (exact) mass is 327 g/mol. The second-order valence-corrected chi connectivity index (χ2v) is 6.83. The first-order chi connectivity index (χ1) is 11.0. The summed E-state index contributed by atoms with van der Waals surface area (Å²) in [6.45, 7) is 4.17. The van der Waals surface area contributed by atoms with Crippen molar-refractivity contribution in [3.63, 3.8) is 0 Å². The first kappa shape index (κ1) is 16.8. The highest BCUT2D eigenvalue weighted by molar-refractivity contribution is 7.95. The van der Waals surface area contributed by atoms with Gasteiger partial charge in [0.2, 0.25) is 9.84 Å². The highest BCUT2D eigenvalue weighted by atomic mass is 32.2. The zero-order chi connectivity index (χ0) is 16.9. The molecule has 0 aliphatic heterocycles. The predicted octanol–water partition coefficient (Wildman–Crippen LogP) is 3.73. The Morgan fingerprint density at radius 3 is 2.43 bits per heavy atom. The number of para-hydroxylation sites is 1. The van der Waals surface area contributed by atoms with Gasteiger partial charge in [0.05, 0.1) is 11.5 Å². The van der Waals surface area contributed by atoms with E-state index in [9.17, 15) is 13.7 Å². The van der Waals surface area contributed by atoms with Crippen molar-refractivity contribution in [2.24, 2.45) is 0 Å². The number of aryl methyl sites for hydroxylation is 1. The molecule has 0 amide bonds. The van der Waals surface area contributed by atoms with Crippen molar-refractivity contribution in [3.8, 4) is 11.8 Å². The smallest absolute Gasteiger partial charge is 0.216 e. The molecule has 0 fully saturated rings. The van der Waals surface area contributed by atoms with Crippen LogP contribution < -0.4 is 4.74 Å². The number of benzene rings is 2. The zero-order valence-corrected chi connectivity index (χ0v) is 13.8. The van der Waals surface area contributed by atoms with Gasteiger partial charge < -0.3 is 4.74 Å². The minimum atomic E-state index is -3.85. The lowest BCUT2D eigenvalue weighted by molar-refractivity contribution is 0.339. The first-order valence-corrected chi connectivity index (χ1v) is 8.62. The molecule has 0 aliphatic rings. The van der Waals surface area contributed by atoms with Crippen LogP contribution in [-0.4, -0.2) is 15.0 Å². The van der Waals surface area contributed by atoms with Gasteiger partial charge in [0, 0.05) is 5.56 Å². The van der Waals surface area contributed by atoms with Gasteiger partial charge in [-0.15, -0.1) is 0 Å². The third kappa shape index (κ3) is 3.79.